The Morgan fingerprint density at radius 3 is 2.29 bits per heavy atom. The van der Waals surface area contributed by atoms with Crippen LogP contribution in [0.2, 0.25) is 0 Å². The van der Waals surface area contributed by atoms with Crippen molar-refractivity contribution in [2.24, 2.45) is 4.99 Å². The third kappa shape index (κ3) is 2.30. The van der Waals surface area contributed by atoms with E-state index in [4.69, 9.17) is 0 Å². The van der Waals surface area contributed by atoms with E-state index in [0.29, 0.717) is 12.3 Å². The molecular formula is C13H17N3O. The largest absolute Gasteiger partial charge is 0.283 e. The molecule has 4 nitrogen and oxygen atoms in total. The first-order valence-corrected chi connectivity index (χ1v) is 5.66. The van der Waals surface area contributed by atoms with Crippen LogP contribution in [0.4, 0.5) is 5.69 Å². The van der Waals surface area contributed by atoms with Crippen LogP contribution in [-0.4, -0.2) is 23.8 Å². The highest BCUT2D eigenvalue weighted by atomic mass is 16.2. The second kappa shape index (κ2) is 4.20. The van der Waals surface area contributed by atoms with E-state index < -0.39 is 0 Å². The predicted molar refractivity (Wildman–Crippen MR) is 68.3 cm³/mol. The number of aliphatic imine (C=N–C) groups is 1. The zero-order chi connectivity index (χ0) is 12.6. The number of carbonyl (C=O) groups excluding carboxylic acids is 1. The van der Waals surface area contributed by atoms with Crippen LogP contribution in [0.25, 0.3) is 0 Å². The van der Waals surface area contributed by atoms with Crippen molar-refractivity contribution in [3.05, 3.63) is 28.8 Å². The molecule has 0 bridgehead atoms. The van der Waals surface area contributed by atoms with E-state index in [2.05, 4.69) is 29.5 Å². The summed E-state index contributed by atoms with van der Waals surface area (Å²) in [7, 11) is 1.71. The maximum Gasteiger partial charge on any atom is 0.248 e. The van der Waals surface area contributed by atoms with Crippen molar-refractivity contribution in [1.29, 1.82) is 0 Å². The lowest BCUT2D eigenvalue weighted by Gasteiger charge is -2.09. The lowest BCUT2D eigenvalue weighted by atomic mass is 10.1. The second-order valence-corrected chi connectivity index (χ2v) is 4.55. The quantitative estimate of drug-likeness (QED) is 0.803. The summed E-state index contributed by atoms with van der Waals surface area (Å²) in [5.74, 6) is 0.763. The van der Waals surface area contributed by atoms with E-state index in [9.17, 15) is 4.79 Å². The van der Waals surface area contributed by atoms with Gasteiger partial charge in [-0.25, -0.2) is 4.99 Å². The van der Waals surface area contributed by atoms with Crippen molar-refractivity contribution in [2.75, 3.05) is 7.05 Å². The van der Waals surface area contributed by atoms with Crippen LogP contribution in [0.1, 0.15) is 23.1 Å². The van der Waals surface area contributed by atoms with Gasteiger partial charge in [-0.2, -0.15) is 0 Å². The zero-order valence-electron chi connectivity index (χ0n) is 10.7. The third-order valence-electron chi connectivity index (χ3n) is 2.87. The highest BCUT2D eigenvalue weighted by molar-refractivity contribution is 6.05. The molecule has 1 heterocycles. The van der Waals surface area contributed by atoms with Crippen molar-refractivity contribution in [3.63, 3.8) is 0 Å². The molecule has 0 spiro atoms. The van der Waals surface area contributed by atoms with Crippen LogP contribution in [0.5, 0.6) is 0 Å². The van der Waals surface area contributed by atoms with Crippen molar-refractivity contribution in [1.82, 2.24) is 10.4 Å². The van der Waals surface area contributed by atoms with Gasteiger partial charge in [0.25, 0.3) is 0 Å². The van der Waals surface area contributed by atoms with Gasteiger partial charge < -0.3 is 0 Å². The number of aryl methyl sites for hydroxylation is 3. The Bertz CT molecular complexity index is 482. The minimum atomic E-state index is 0.0474. The number of rotatable bonds is 1. The van der Waals surface area contributed by atoms with Gasteiger partial charge in [-0.1, -0.05) is 17.7 Å². The maximum atomic E-state index is 11.4. The molecule has 1 saturated heterocycles. The van der Waals surface area contributed by atoms with E-state index in [1.54, 1.807) is 7.05 Å². The number of hydrogen-bond acceptors (Lipinski definition) is 2. The molecule has 1 aliphatic heterocycles. The highest BCUT2D eigenvalue weighted by Crippen LogP contribution is 2.25. The fraction of sp³-hybridized carbons (Fsp3) is 0.385. The Morgan fingerprint density at radius 1 is 1.24 bits per heavy atom. The summed E-state index contributed by atoms with van der Waals surface area (Å²) in [4.78, 5) is 15.9. The zero-order valence-corrected chi connectivity index (χ0v) is 10.7. The van der Waals surface area contributed by atoms with Gasteiger partial charge in [0.1, 0.15) is 5.84 Å². The molecule has 1 aromatic carbocycles. The topological polar surface area (TPSA) is 44.7 Å². The highest BCUT2D eigenvalue weighted by Gasteiger charge is 2.21. The van der Waals surface area contributed by atoms with E-state index in [1.165, 1.54) is 10.6 Å². The number of nitrogens with zero attached hydrogens (tertiary/aromatic N) is 2. The molecule has 0 unspecified atom stereocenters. The molecule has 0 saturated carbocycles. The van der Waals surface area contributed by atoms with Crippen LogP contribution in [-0.2, 0) is 4.79 Å². The number of hydrazine groups is 1. The van der Waals surface area contributed by atoms with Crippen LogP contribution in [0.15, 0.2) is 17.1 Å². The lowest BCUT2D eigenvalue weighted by molar-refractivity contribution is -0.128. The van der Waals surface area contributed by atoms with Crippen LogP contribution in [0, 0.1) is 20.8 Å². The lowest BCUT2D eigenvalue weighted by Crippen LogP contribution is -2.31. The fourth-order valence-electron chi connectivity index (χ4n) is 2.11. The Kier molecular flexibility index (Phi) is 2.88. The molecular weight excluding hydrogens is 214 g/mol. The Labute approximate surface area is 101 Å². The van der Waals surface area contributed by atoms with Gasteiger partial charge in [0.2, 0.25) is 5.91 Å². The SMILES string of the molecule is Cc1cc(C)c(N=C2CC(=O)N(C)N2)c(C)c1. The predicted octanol–water partition coefficient (Wildman–Crippen LogP) is 2.01. The standard InChI is InChI=1S/C13H17N3O/c1-8-5-9(2)13(10(3)6-8)14-11-7-12(17)16(4)15-11/h5-6H,7H2,1-4H3,(H,14,15). The first-order chi connectivity index (χ1) is 7.97. The number of carbonyl (C=O) groups is 1. The molecule has 90 valence electrons. The number of benzene rings is 1. The van der Waals surface area contributed by atoms with Crippen LogP contribution < -0.4 is 5.43 Å². The third-order valence-corrected chi connectivity index (χ3v) is 2.87. The van der Waals surface area contributed by atoms with Gasteiger partial charge in [0.05, 0.1) is 12.1 Å². The summed E-state index contributed by atoms with van der Waals surface area (Å²) in [5.41, 5.74) is 7.42. The van der Waals surface area contributed by atoms with Crippen molar-refractivity contribution in [2.45, 2.75) is 27.2 Å². The number of hydrogen-bond donors (Lipinski definition) is 1. The monoisotopic (exact) mass is 231 g/mol. The normalized spacial score (nSPS) is 17.8. The number of amides is 1. The molecule has 1 amide bonds. The van der Waals surface area contributed by atoms with Crippen LogP contribution in [0.3, 0.4) is 0 Å². The van der Waals surface area contributed by atoms with Gasteiger partial charge in [-0.15, -0.1) is 0 Å². The average molecular weight is 231 g/mol. The van der Waals surface area contributed by atoms with Gasteiger partial charge in [0, 0.05) is 7.05 Å². The summed E-state index contributed by atoms with van der Waals surface area (Å²) < 4.78 is 0. The number of amidine groups is 1. The fourth-order valence-corrected chi connectivity index (χ4v) is 2.11. The summed E-state index contributed by atoms with van der Waals surface area (Å²) in [6.45, 7) is 6.15. The van der Waals surface area contributed by atoms with Crippen molar-refractivity contribution in [3.8, 4) is 0 Å². The number of nitrogens with one attached hydrogen (secondary N) is 1. The van der Waals surface area contributed by atoms with Crippen LogP contribution >= 0.6 is 0 Å². The first kappa shape index (κ1) is 11.6. The Hall–Kier alpha value is -1.84. The second-order valence-electron chi connectivity index (χ2n) is 4.55. The maximum absolute atomic E-state index is 11.4. The van der Waals surface area contributed by atoms with Gasteiger partial charge >= 0.3 is 0 Å². The average Bonchev–Trinajstić information content (AvgIpc) is 2.52. The molecule has 17 heavy (non-hydrogen) atoms. The molecule has 4 heteroatoms. The molecule has 1 aromatic rings. The smallest absolute Gasteiger partial charge is 0.248 e. The summed E-state index contributed by atoms with van der Waals surface area (Å²) >= 11 is 0. The summed E-state index contributed by atoms with van der Waals surface area (Å²) in [5, 5.41) is 1.47. The molecule has 0 radical (unpaired) electrons. The van der Waals surface area contributed by atoms with E-state index >= 15 is 0 Å². The first-order valence-electron chi connectivity index (χ1n) is 5.66. The Morgan fingerprint density at radius 2 is 1.82 bits per heavy atom. The molecule has 1 aliphatic rings. The van der Waals surface area contributed by atoms with Gasteiger partial charge in [-0.3, -0.25) is 15.2 Å². The van der Waals surface area contributed by atoms with Gasteiger partial charge in [-0.05, 0) is 31.9 Å². The molecule has 0 aromatic heterocycles. The summed E-state index contributed by atoms with van der Waals surface area (Å²) in [6.07, 6.45) is 0.350. The minimum absolute atomic E-state index is 0.0474. The van der Waals surface area contributed by atoms with E-state index in [0.717, 1.165) is 16.8 Å². The molecule has 0 atom stereocenters. The molecule has 1 N–H and O–H groups in total. The minimum Gasteiger partial charge on any atom is -0.283 e. The summed E-state index contributed by atoms with van der Waals surface area (Å²) in [6, 6.07) is 4.21. The van der Waals surface area contributed by atoms with Gasteiger partial charge in [0.15, 0.2) is 0 Å². The Balaban J connectivity index is 2.37. The molecule has 1 fully saturated rings. The van der Waals surface area contributed by atoms with Crippen molar-refractivity contribution < 1.29 is 4.79 Å². The van der Waals surface area contributed by atoms with E-state index in [1.807, 2.05) is 13.8 Å². The van der Waals surface area contributed by atoms with E-state index in [-0.39, 0.29) is 5.91 Å². The molecule has 2 rings (SSSR count). The molecule has 0 aliphatic carbocycles. The van der Waals surface area contributed by atoms with Crippen molar-refractivity contribution >= 4 is 17.4 Å².